The molecule has 1 aliphatic carbocycles. The Hall–Kier alpha value is -2.44. The normalized spacial score (nSPS) is 15.4. The molecule has 1 saturated carbocycles. The zero-order valence-corrected chi connectivity index (χ0v) is 15.2. The van der Waals surface area contributed by atoms with Crippen LogP contribution in [0.15, 0.2) is 71.8 Å². The Bertz CT molecular complexity index is 976. The monoisotopic (exact) mass is 367 g/mol. The number of sulfonamides is 1. The molecule has 6 heteroatoms. The summed E-state index contributed by atoms with van der Waals surface area (Å²) in [5.74, 6) is 0. The van der Waals surface area contributed by atoms with Gasteiger partial charge in [-0.3, -0.25) is 0 Å². The van der Waals surface area contributed by atoms with Crippen molar-refractivity contribution in [2.45, 2.75) is 36.6 Å². The Morgan fingerprint density at radius 3 is 2.19 bits per heavy atom. The zero-order valence-electron chi connectivity index (χ0n) is 14.4. The van der Waals surface area contributed by atoms with Crippen LogP contribution in [0.5, 0.6) is 0 Å². The number of hydrogen-bond donors (Lipinski definition) is 1. The third-order valence-electron chi connectivity index (χ3n) is 4.72. The van der Waals surface area contributed by atoms with Crippen molar-refractivity contribution in [3.8, 4) is 16.9 Å². The van der Waals surface area contributed by atoms with Gasteiger partial charge in [-0.15, -0.1) is 0 Å². The Labute approximate surface area is 153 Å². The van der Waals surface area contributed by atoms with E-state index in [1.54, 1.807) is 10.9 Å². The molecule has 0 aliphatic heterocycles. The van der Waals surface area contributed by atoms with Gasteiger partial charge in [0.25, 0.3) is 0 Å². The minimum absolute atomic E-state index is 0.0173. The summed E-state index contributed by atoms with van der Waals surface area (Å²) < 4.78 is 30.6. The molecule has 134 valence electrons. The van der Waals surface area contributed by atoms with Crippen molar-refractivity contribution in [1.29, 1.82) is 0 Å². The van der Waals surface area contributed by atoms with Gasteiger partial charge < -0.3 is 0 Å². The topological polar surface area (TPSA) is 64.0 Å². The number of para-hydroxylation sites is 1. The van der Waals surface area contributed by atoms with Crippen molar-refractivity contribution < 1.29 is 8.42 Å². The predicted molar refractivity (Wildman–Crippen MR) is 102 cm³/mol. The minimum atomic E-state index is -3.64. The third kappa shape index (κ3) is 3.43. The lowest BCUT2D eigenvalue weighted by molar-refractivity contribution is 0.552. The Kier molecular flexibility index (Phi) is 4.61. The van der Waals surface area contributed by atoms with Crippen molar-refractivity contribution in [1.82, 2.24) is 14.5 Å². The highest BCUT2D eigenvalue weighted by Gasteiger charge is 2.28. The van der Waals surface area contributed by atoms with Gasteiger partial charge in [-0.25, -0.2) is 17.8 Å². The van der Waals surface area contributed by atoms with E-state index in [-0.39, 0.29) is 10.9 Å². The van der Waals surface area contributed by atoms with Crippen molar-refractivity contribution in [2.75, 3.05) is 0 Å². The first-order valence-corrected chi connectivity index (χ1v) is 10.3. The summed E-state index contributed by atoms with van der Waals surface area (Å²) in [6.45, 7) is 0. The van der Waals surface area contributed by atoms with E-state index in [0.29, 0.717) is 5.69 Å². The second kappa shape index (κ2) is 7.05. The minimum Gasteiger partial charge on any atom is -0.239 e. The second-order valence-corrected chi connectivity index (χ2v) is 8.27. The molecule has 0 atom stereocenters. The van der Waals surface area contributed by atoms with Crippen LogP contribution in [-0.2, 0) is 10.0 Å². The standard InChI is InChI=1S/C20H21N3O2S/c24-26(25,22-17-11-7-8-12-17)19-15-23(18-13-5-2-6-14-18)21-20(19)16-9-3-1-4-10-16/h1-6,9-10,13-15,17,22H,7-8,11-12H2. The van der Waals surface area contributed by atoms with Gasteiger partial charge in [0.2, 0.25) is 10.0 Å². The highest BCUT2D eigenvalue weighted by Crippen LogP contribution is 2.28. The van der Waals surface area contributed by atoms with Crippen molar-refractivity contribution in [3.63, 3.8) is 0 Å². The van der Waals surface area contributed by atoms with Crippen molar-refractivity contribution in [3.05, 3.63) is 66.9 Å². The van der Waals surface area contributed by atoms with Crippen LogP contribution >= 0.6 is 0 Å². The SMILES string of the molecule is O=S(=O)(NC1CCCC1)c1cn(-c2ccccc2)nc1-c1ccccc1. The Morgan fingerprint density at radius 2 is 1.54 bits per heavy atom. The molecule has 5 nitrogen and oxygen atoms in total. The molecule has 0 radical (unpaired) electrons. The molecule has 0 unspecified atom stereocenters. The largest absolute Gasteiger partial charge is 0.244 e. The second-order valence-electron chi connectivity index (χ2n) is 6.59. The summed E-state index contributed by atoms with van der Waals surface area (Å²) in [4.78, 5) is 0.222. The first kappa shape index (κ1) is 17.0. The fourth-order valence-corrected chi connectivity index (χ4v) is 4.84. The van der Waals surface area contributed by atoms with Gasteiger partial charge in [-0.1, -0.05) is 61.4 Å². The molecule has 3 aromatic rings. The quantitative estimate of drug-likeness (QED) is 0.747. The molecular formula is C20H21N3O2S. The molecule has 0 saturated heterocycles. The predicted octanol–water partition coefficient (Wildman–Crippen LogP) is 3.76. The molecule has 0 spiro atoms. The molecule has 1 aromatic heterocycles. The van der Waals surface area contributed by atoms with Gasteiger partial charge >= 0.3 is 0 Å². The molecule has 1 fully saturated rings. The molecule has 0 bridgehead atoms. The Morgan fingerprint density at radius 1 is 0.923 bits per heavy atom. The summed E-state index contributed by atoms with van der Waals surface area (Å²) >= 11 is 0. The van der Waals surface area contributed by atoms with Crippen LogP contribution in [0.3, 0.4) is 0 Å². The lowest BCUT2D eigenvalue weighted by Gasteiger charge is -2.12. The molecule has 1 heterocycles. The number of hydrogen-bond acceptors (Lipinski definition) is 3. The fraction of sp³-hybridized carbons (Fsp3) is 0.250. The molecule has 1 N–H and O–H groups in total. The maximum Gasteiger partial charge on any atom is 0.244 e. The number of nitrogens with zero attached hydrogens (tertiary/aromatic N) is 2. The van der Waals surface area contributed by atoms with Gasteiger partial charge in [-0.05, 0) is 25.0 Å². The Balaban J connectivity index is 1.80. The number of nitrogens with one attached hydrogen (secondary N) is 1. The molecule has 1 aliphatic rings. The van der Waals surface area contributed by atoms with Crippen LogP contribution in [0, 0.1) is 0 Å². The zero-order chi connectivity index (χ0) is 18.0. The molecular weight excluding hydrogens is 346 g/mol. The smallest absolute Gasteiger partial charge is 0.239 e. The van der Waals surface area contributed by atoms with Gasteiger partial charge in [0.1, 0.15) is 10.6 Å². The first-order chi connectivity index (χ1) is 12.6. The van der Waals surface area contributed by atoms with Gasteiger partial charge in [0, 0.05) is 11.6 Å². The van der Waals surface area contributed by atoms with Crippen LogP contribution in [0.4, 0.5) is 0 Å². The van der Waals surface area contributed by atoms with E-state index in [1.165, 1.54) is 0 Å². The van der Waals surface area contributed by atoms with Crippen molar-refractivity contribution in [2.24, 2.45) is 0 Å². The van der Waals surface area contributed by atoms with Gasteiger partial charge in [-0.2, -0.15) is 5.10 Å². The third-order valence-corrected chi connectivity index (χ3v) is 6.24. The lowest BCUT2D eigenvalue weighted by atomic mass is 10.2. The average molecular weight is 367 g/mol. The van der Waals surface area contributed by atoms with E-state index in [9.17, 15) is 8.42 Å². The average Bonchev–Trinajstić information content (AvgIpc) is 3.33. The first-order valence-electron chi connectivity index (χ1n) is 8.86. The van der Waals surface area contributed by atoms with Crippen LogP contribution in [0.1, 0.15) is 25.7 Å². The maximum absolute atomic E-state index is 13.1. The number of rotatable bonds is 5. The fourth-order valence-electron chi connectivity index (χ4n) is 3.39. The number of benzene rings is 2. The van der Waals surface area contributed by atoms with Gasteiger partial charge in [0.15, 0.2) is 0 Å². The van der Waals surface area contributed by atoms with E-state index in [4.69, 9.17) is 0 Å². The summed E-state index contributed by atoms with van der Waals surface area (Å²) in [6, 6.07) is 19.0. The van der Waals surface area contributed by atoms with E-state index in [0.717, 1.165) is 36.9 Å². The van der Waals surface area contributed by atoms with E-state index in [1.807, 2.05) is 60.7 Å². The van der Waals surface area contributed by atoms with Crippen LogP contribution in [0.2, 0.25) is 0 Å². The number of aromatic nitrogens is 2. The maximum atomic E-state index is 13.1. The van der Waals surface area contributed by atoms with E-state index < -0.39 is 10.0 Å². The molecule has 2 aromatic carbocycles. The van der Waals surface area contributed by atoms with Crippen LogP contribution < -0.4 is 4.72 Å². The van der Waals surface area contributed by atoms with E-state index in [2.05, 4.69) is 9.82 Å². The van der Waals surface area contributed by atoms with Crippen LogP contribution in [-0.4, -0.2) is 24.2 Å². The van der Waals surface area contributed by atoms with Gasteiger partial charge in [0.05, 0.1) is 11.9 Å². The summed E-state index contributed by atoms with van der Waals surface area (Å²) in [6.07, 6.45) is 5.54. The molecule has 4 rings (SSSR count). The van der Waals surface area contributed by atoms with Crippen molar-refractivity contribution >= 4 is 10.0 Å². The lowest BCUT2D eigenvalue weighted by Crippen LogP contribution is -2.32. The summed E-state index contributed by atoms with van der Waals surface area (Å²) in [7, 11) is -3.64. The van der Waals surface area contributed by atoms with Crippen LogP contribution in [0.25, 0.3) is 16.9 Å². The summed E-state index contributed by atoms with van der Waals surface area (Å²) in [5, 5.41) is 4.59. The highest BCUT2D eigenvalue weighted by atomic mass is 32.2. The molecule has 26 heavy (non-hydrogen) atoms. The summed E-state index contributed by atoms with van der Waals surface area (Å²) in [5.41, 5.74) is 2.08. The highest BCUT2D eigenvalue weighted by molar-refractivity contribution is 7.89. The molecule has 0 amide bonds. The van der Waals surface area contributed by atoms with E-state index >= 15 is 0 Å².